The van der Waals surface area contributed by atoms with Crippen molar-refractivity contribution in [1.82, 2.24) is 5.32 Å². The van der Waals surface area contributed by atoms with E-state index in [9.17, 15) is 4.79 Å². The predicted octanol–water partition coefficient (Wildman–Crippen LogP) is 1.89. The lowest BCUT2D eigenvalue weighted by atomic mass is 10.1. The lowest BCUT2D eigenvalue weighted by molar-refractivity contribution is -0.119. The van der Waals surface area contributed by atoms with Crippen LogP contribution in [0.2, 0.25) is 0 Å². The highest BCUT2D eigenvalue weighted by atomic mass is 16.1. The molecule has 0 aliphatic heterocycles. The Bertz CT molecular complexity index is 259. The first-order valence-electron chi connectivity index (χ1n) is 4.24. The van der Waals surface area contributed by atoms with E-state index in [4.69, 9.17) is 5.26 Å². The highest BCUT2D eigenvalue weighted by Crippen LogP contribution is 2.03. The standard InChI is InChI=1S/C10H14N2O/c1-3-5-6-9(4-2)7-10(13)12-8-11/h4-6H,3,7H2,1-2H3,(H,12,13)/b6-5-,9-4+. The molecule has 0 bridgehead atoms. The van der Waals surface area contributed by atoms with E-state index >= 15 is 0 Å². The Labute approximate surface area is 78.7 Å². The smallest absolute Gasteiger partial charge is 0.237 e. The number of carbonyl (C=O) groups excluding carboxylic acids is 1. The highest BCUT2D eigenvalue weighted by Gasteiger charge is 2.00. The third-order valence-corrected chi connectivity index (χ3v) is 1.50. The summed E-state index contributed by atoms with van der Waals surface area (Å²) in [5.74, 6) is -0.267. The third kappa shape index (κ3) is 5.68. The summed E-state index contributed by atoms with van der Waals surface area (Å²) < 4.78 is 0. The van der Waals surface area contributed by atoms with Crippen LogP contribution in [-0.2, 0) is 4.79 Å². The van der Waals surface area contributed by atoms with Crippen molar-refractivity contribution in [3.8, 4) is 6.19 Å². The molecule has 0 aliphatic rings. The highest BCUT2D eigenvalue weighted by molar-refractivity contribution is 5.80. The van der Waals surface area contributed by atoms with E-state index in [-0.39, 0.29) is 12.3 Å². The zero-order valence-electron chi connectivity index (χ0n) is 8.00. The number of rotatable bonds is 4. The molecule has 0 saturated carbocycles. The average Bonchev–Trinajstić information content (AvgIpc) is 2.12. The van der Waals surface area contributed by atoms with E-state index in [1.165, 1.54) is 0 Å². The maximum atomic E-state index is 11.0. The summed E-state index contributed by atoms with van der Waals surface area (Å²) in [6.45, 7) is 3.90. The molecule has 0 rings (SSSR count). The van der Waals surface area contributed by atoms with Crippen LogP contribution in [0.15, 0.2) is 23.8 Å². The van der Waals surface area contributed by atoms with Crippen molar-refractivity contribution in [2.45, 2.75) is 26.7 Å². The second-order valence-corrected chi connectivity index (χ2v) is 2.51. The van der Waals surface area contributed by atoms with E-state index in [1.54, 1.807) is 6.19 Å². The number of hydrogen-bond acceptors (Lipinski definition) is 2. The number of carbonyl (C=O) groups is 1. The largest absolute Gasteiger partial charge is 0.274 e. The number of nitriles is 1. The Kier molecular flexibility index (Phi) is 6.26. The van der Waals surface area contributed by atoms with Gasteiger partial charge < -0.3 is 0 Å². The van der Waals surface area contributed by atoms with Gasteiger partial charge in [0.1, 0.15) is 0 Å². The molecule has 0 heterocycles. The lowest BCUT2D eigenvalue weighted by Crippen LogP contribution is -2.17. The Balaban J connectivity index is 4.09. The summed E-state index contributed by atoms with van der Waals surface area (Å²) >= 11 is 0. The molecule has 3 nitrogen and oxygen atoms in total. The quantitative estimate of drug-likeness (QED) is 0.406. The van der Waals surface area contributed by atoms with Crippen molar-refractivity contribution in [2.24, 2.45) is 0 Å². The van der Waals surface area contributed by atoms with E-state index < -0.39 is 0 Å². The topological polar surface area (TPSA) is 52.9 Å². The SMILES string of the molecule is C/C=C(\C=C/CC)CC(=O)NC#N. The molecule has 0 aromatic heterocycles. The maximum Gasteiger partial charge on any atom is 0.237 e. The molecule has 0 saturated heterocycles. The summed E-state index contributed by atoms with van der Waals surface area (Å²) in [7, 11) is 0. The molecule has 1 N–H and O–H groups in total. The molecule has 0 aromatic carbocycles. The summed E-state index contributed by atoms with van der Waals surface area (Å²) in [5, 5.41) is 10.3. The number of hydrogen-bond donors (Lipinski definition) is 1. The fourth-order valence-corrected chi connectivity index (χ4v) is 0.818. The molecular formula is C10H14N2O. The van der Waals surface area contributed by atoms with E-state index in [1.807, 2.05) is 32.1 Å². The predicted molar refractivity (Wildman–Crippen MR) is 51.6 cm³/mol. The minimum Gasteiger partial charge on any atom is -0.274 e. The van der Waals surface area contributed by atoms with Gasteiger partial charge in [-0.05, 0) is 18.9 Å². The summed E-state index contributed by atoms with van der Waals surface area (Å²) in [6, 6.07) is 0. The van der Waals surface area contributed by atoms with Crippen LogP contribution in [-0.4, -0.2) is 5.91 Å². The second-order valence-electron chi connectivity index (χ2n) is 2.51. The van der Waals surface area contributed by atoms with Gasteiger partial charge in [0.25, 0.3) is 0 Å². The van der Waals surface area contributed by atoms with Crippen molar-refractivity contribution in [2.75, 3.05) is 0 Å². The van der Waals surface area contributed by atoms with Crippen molar-refractivity contribution in [1.29, 1.82) is 5.26 Å². The normalized spacial score (nSPS) is 11.3. The van der Waals surface area contributed by atoms with Gasteiger partial charge in [-0.1, -0.05) is 25.2 Å². The lowest BCUT2D eigenvalue weighted by Gasteiger charge is -1.98. The van der Waals surface area contributed by atoms with Gasteiger partial charge >= 0.3 is 0 Å². The minimum atomic E-state index is -0.267. The number of nitrogens with zero attached hydrogens (tertiary/aromatic N) is 1. The van der Waals surface area contributed by atoms with Gasteiger partial charge in [0.05, 0.1) is 6.42 Å². The van der Waals surface area contributed by atoms with Crippen LogP contribution in [0.25, 0.3) is 0 Å². The van der Waals surface area contributed by atoms with Gasteiger partial charge in [-0.3, -0.25) is 10.1 Å². The Morgan fingerprint density at radius 3 is 2.77 bits per heavy atom. The van der Waals surface area contributed by atoms with Gasteiger partial charge in [-0.2, -0.15) is 5.26 Å². The Morgan fingerprint density at radius 2 is 2.31 bits per heavy atom. The van der Waals surface area contributed by atoms with Crippen molar-refractivity contribution in [3.63, 3.8) is 0 Å². The molecule has 70 valence electrons. The monoisotopic (exact) mass is 178 g/mol. The number of nitrogens with one attached hydrogen (secondary N) is 1. The average molecular weight is 178 g/mol. The number of amides is 1. The summed E-state index contributed by atoms with van der Waals surface area (Å²) in [6.07, 6.45) is 8.55. The second kappa shape index (κ2) is 7.11. The van der Waals surface area contributed by atoms with Gasteiger partial charge in [-0.25, -0.2) is 0 Å². The van der Waals surface area contributed by atoms with Crippen LogP contribution < -0.4 is 5.32 Å². The third-order valence-electron chi connectivity index (χ3n) is 1.50. The summed E-state index contributed by atoms with van der Waals surface area (Å²) in [5.41, 5.74) is 0.926. The van der Waals surface area contributed by atoms with Crippen LogP contribution in [0.5, 0.6) is 0 Å². The maximum absolute atomic E-state index is 11.0. The van der Waals surface area contributed by atoms with E-state index in [0.29, 0.717) is 0 Å². The fraction of sp³-hybridized carbons (Fsp3) is 0.400. The molecule has 13 heavy (non-hydrogen) atoms. The Morgan fingerprint density at radius 1 is 1.62 bits per heavy atom. The molecule has 0 aliphatic carbocycles. The van der Waals surface area contributed by atoms with Crippen molar-refractivity contribution >= 4 is 5.91 Å². The first kappa shape index (κ1) is 11.4. The minimum absolute atomic E-state index is 0.264. The summed E-state index contributed by atoms with van der Waals surface area (Å²) in [4.78, 5) is 11.0. The molecule has 0 radical (unpaired) electrons. The first-order chi connectivity index (χ1) is 6.24. The van der Waals surface area contributed by atoms with Crippen LogP contribution in [0.3, 0.4) is 0 Å². The molecule has 0 atom stereocenters. The van der Waals surface area contributed by atoms with Gasteiger partial charge in [0.15, 0.2) is 6.19 Å². The van der Waals surface area contributed by atoms with E-state index in [0.717, 1.165) is 12.0 Å². The van der Waals surface area contributed by atoms with Crippen LogP contribution >= 0.6 is 0 Å². The zero-order chi connectivity index (χ0) is 10.1. The van der Waals surface area contributed by atoms with Crippen molar-refractivity contribution < 1.29 is 4.79 Å². The van der Waals surface area contributed by atoms with Gasteiger partial charge in [0, 0.05) is 0 Å². The molecule has 0 spiro atoms. The Hall–Kier alpha value is -1.56. The fourth-order valence-electron chi connectivity index (χ4n) is 0.818. The van der Waals surface area contributed by atoms with Crippen LogP contribution in [0, 0.1) is 11.5 Å². The van der Waals surface area contributed by atoms with Crippen LogP contribution in [0.1, 0.15) is 26.7 Å². The molecular weight excluding hydrogens is 164 g/mol. The van der Waals surface area contributed by atoms with Crippen LogP contribution in [0.4, 0.5) is 0 Å². The van der Waals surface area contributed by atoms with Crippen molar-refractivity contribution in [3.05, 3.63) is 23.8 Å². The molecule has 0 aromatic rings. The van der Waals surface area contributed by atoms with E-state index in [2.05, 4.69) is 5.32 Å². The van der Waals surface area contributed by atoms with Gasteiger partial charge in [0.2, 0.25) is 5.91 Å². The molecule has 0 unspecified atom stereocenters. The number of allylic oxidation sites excluding steroid dienone is 3. The van der Waals surface area contributed by atoms with Gasteiger partial charge in [-0.15, -0.1) is 0 Å². The zero-order valence-corrected chi connectivity index (χ0v) is 8.00. The first-order valence-corrected chi connectivity index (χ1v) is 4.24. The molecule has 3 heteroatoms. The molecule has 0 fully saturated rings. The molecule has 1 amide bonds.